The molecule has 5 heteroatoms. The van der Waals surface area contributed by atoms with Crippen molar-refractivity contribution in [3.05, 3.63) is 48.6 Å². The number of carbonyl (C=O) groups is 2. The molecule has 2 amide bonds. The summed E-state index contributed by atoms with van der Waals surface area (Å²) >= 11 is 0. The highest BCUT2D eigenvalue weighted by Crippen LogP contribution is 2.07. The van der Waals surface area contributed by atoms with E-state index in [9.17, 15) is 9.59 Å². The molecular weight excluding hydrogens is 302 g/mol. The van der Waals surface area contributed by atoms with Gasteiger partial charge < -0.3 is 15.5 Å². The Morgan fingerprint density at radius 1 is 1.38 bits per heavy atom. The van der Waals surface area contributed by atoms with E-state index in [0.29, 0.717) is 13.1 Å². The normalized spacial score (nSPS) is 17.6. The molecule has 0 saturated carbocycles. The van der Waals surface area contributed by atoms with Gasteiger partial charge in [0.05, 0.1) is 12.5 Å². The third-order valence-electron chi connectivity index (χ3n) is 4.19. The van der Waals surface area contributed by atoms with Crippen molar-refractivity contribution in [2.45, 2.75) is 31.7 Å². The van der Waals surface area contributed by atoms with E-state index >= 15 is 0 Å². The number of hydrogen-bond acceptors (Lipinski definition) is 3. The fraction of sp³-hybridized carbons (Fsp3) is 0.474. The summed E-state index contributed by atoms with van der Waals surface area (Å²) in [6.07, 6.45) is 4.69. The molecule has 1 fully saturated rings. The minimum absolute atomic E-state index is 0.0310. The number of amides is 2. The first-order valence-electron chi connectivity index (χ1n) is 8.64. The second kappa shape index (κ2) is 9.88. The smallest absolute Gasteiger partial charge is 0.240 e. The number of piperazine rings is 1. The molecule has 1 saturated heterocycles. The Balaban J connectivity index is 1.72. The lowest BCUT2D eigenvalue weighted by atomic mass is 10.1. The van der Waals surface area contributed by atoms with E-state index in [2.05, 4.69) is 17.2 Å². The molecule has 0 radical (unpaired) electrons. The summed E-state index contributed by atoms with van der Waals surface area (Å²) in [6, 6.07) is 9.63. The standard InChI is InChI=1S/C19H27N3O2/c1-2-3-7-13-22-14-12-20-17(19(22)24)15-18(23)21-11-10-16-8-5-4-6-9-16/h2,4-6,8-9,17,20H,1,3,7,10-15H2,(H,21,23). The van der Waals surface area contributed by atoms with Gasteiger partial charge in [-0.1, -0.05) is 36.4 Å². The third kappa shape index (κ3) is 5.81. The van der Waals surface area contributed by atoms with Crippen LogP contribution in [0.4, 0.5) is 0 Å². The third-order valence-corrected chi connectivity index (χ3v) is 4.19. The van der Waals surface area contributed by atoms with Crippen molar-refractivity contribution in [1.82, 2.24) is 15.5 Å². The first kappa shape index (κ1) is 18.2. The van der Waals surface area contributed by atoms with Gasteiger partial charge in [0.25, 0.3) is 0 Å². The van der Waals surface area contributed by atoms with Crippen LogP contribution in [0.25, 0.3) is 0 Å². The van der Waals surface area contributed by atoms with Gasteiger partial charge in [-0.2, -0.15) is 0 Å². The number of nitrogens with zero attached hydrogens (tertiary/aromatic N) is 1. The van der Waals surface area contributed by atoms with E-state index in [4.69, 9.17) is 0 Å². The Kier molecular flexibility index (Phi) is 7.49. The molecule has 1 aromatic rings. The molecule has 24 heavy (non-hydrogen) atoms. The molecule has 1 aliphatic rings. The summed E-state index contributed by atoms with van der Waals surface area (Å²) in [5, 5.41) is 6.06. The number of allylic oxidation sites excluding steroid dienone is 1. The molecular formula is C19H27N3O2. The number of unbranched alkanes of at least 4 members (excludes halogenated alkanes) is 1. The second-order valence-electron chi connectivity index (χ2n) is 6.05. The predicted molar refractivity (Wildman–Crippen MR) is 95.6 cm³/mol. The fourth-order valence-electron chi connectivity index (χ4n) is 2.85. The monoisotopic (exact) mass is 329 g/mol. The van der Waals surface area contributed by atoms with Crippen molar-refractivity contribution in [2.75, 3.05) is 26.2 Å². The number of carbonyl (C=O) groups excluding carboxylic acids is 2. The maximum Gasteiger partial charge on any atom is 0.240 e. The van der Waals surface area contributed by atoms with Crippen LogP contribution in [-0.4, -0.2) is 48.9 Å². The summed E-state index contributed by atoms with van der Waals surface area (Å²) in [6.45, 7) is 6.47. The van der Waals surface area contributed by atoms with Crippen LogP contribution in [0, 0.1) is 0 Å². The highest BCUT2D eigenvalue weighted by Gasteiger charge is 2.29. The Labute approximate surface area is 144 Å². The number of hydrogen-bond donors (Lipinski definition) is 2. The maximum atomic E-state index is 12.4. The van der Waals surface area contributed by atoms with Crippen LogP contribution in [-0.2, 0) is 16.0 Å². The van der Waals surface area contributed by atoms with Crippen LogP contribution in [0.5, 0.6) is 0 Å². The van der Waals surface area contributed by atoms with Crippen molar-refractivity contribution < 1.29 is 9.59 Å². The van der Waals surface area contributed by atoms with E-state index < -0.39 is 6.04 Å². The predicted octanol–water partition coefficient (Wildman–Crippen LogP) is 1.50. The fourth-order valence-corrected chi connectivity index (χ4v) is 2.85. The van der Waals surface area contributed by atoms with Gasteiger partial charge in [0, 0.05) is 26.2 Å². The summed E-state index contributed by atoms with van der Waals surface area (Å²) in [4.78, 5) is 26.3. The lowest BCUT2D eigenvalue weighted by Crippen LogP contribution is -2.56. The Morgan fingerprint density at radius 2 is 2.17 bits per heavy atom. The average molecular weight is 329 g/mol. The first-order valence-corrected chi connectivity index (χ1v) is 8.64. The topological polar surface area (TPSA) is 61.4 Å². The molecule has 0 aliphatic carbocycles. The minimum Gasteiger partial charge on any atom is -0.356 e. The highest BCUT2D eigenvalue weighted by molar-refractivity contribution is 5.88. The first-order chi connectivity index (χ1) is 11.7. The number of rotatable bonds is 9. The van der Waals surface area contributed by atoms with Crippen LogP contribution in [0.2, 0.25) is 0 Å². The van der Waals surface area contributed by atoms with Crippen LogP contribution in [0.1, 0.15) is 24.8 Å². The van der Waals surface area contributed by atoms with Gasteiger partial charge in [-0.15, -0.1) is 6.58 Å². The zero-order valence-corrected chi connectivity index (χ0v) is 14.2. The van der Waals surface area contributed by atoms with E-state index in [1.54, 1.807) is 0 Å². The molecule has 1 atom stereocenters. The SMILES string of the molecule is C=CCCCN1CCNC(CC(=O)NCCc2ccccc2)C1=O. The zero-order chi connectivity index (χ0) is 17.2. The van der Waals surface area contributed by atoms with Gasteiger partial charge in [0.1, 0.15) is 0 Å². The molecule has 1 aromatic carbocycles. The van der Waals surface area contributed by atoms with E-state index in [0.717, 1.165) is 32.4 Å². The van der Waals surface area contributed by atoms with Gasteiger partial charge in [0.2, 0.25) is 11.8 Å². The van der Waals surface area contributed by atoms with Crippen molar-refractivity contribution in [3.63, 3.8) is 0 Å². The van der Waals surface area contributed by atoms with Crippen LogP contribution < -0.4 is 10.6 Å². The number of nitrogens with one attached hydrogen (secondary N) is 2. The van der Waals surface area contributed by atoms with Crippen molar-refractivity contribution in [2.24, 2.45) is 0 Å². The van der Waals surface area contributed by atoms with Crippen molar-refractivity contribution >= 4 is 11.8 Å². The molecule has 0 spiro atoms. The summed E-state index contributed by atoms with van der Waals surface area (Å²) in [5.41, 5.74) is 1.19. The van der Waals surface area contributed by atoms with Gasteiger partial charge in [0.15, 0.2) is 0 Å². The highest BCUT2D eigenvalue weighted by atomic mass is 16.2. The average Bonchev–Trinajstić information content (AvgIpc) is 2.59. The Hall–Kier alpha value is -2.14. The quantitative estimate of drug-likeness (QED) is 0.533. The molecule has 2 N–H and O–H groups in total. The summed E-state index contributed by atoms with van der Waals surface area (Å²) < 4.78 is 0. The molecule has 1 heterocycles. The minimum atomic E-state index is -0.404. The molecule has 0 bridgehead atoms. The Bertz CT molecular complexity index is 545. The largest absolute Gasteiger partial charge is 0.356 e. The molecule has 1 unspecified atom stereocenters. The van der Waals surface area contributed by atoms with Crippen molar-refractivity contribution in [1.29, 1.82) is 0 Å². The molecule has 2 rings (SSSR count). The second-order valence-corrected chi connectivity index (χ2v) is 6.05. The summed E-state index contributed by atoms with van der Waals surface area (Å²) in [5.74, 6) is -0.0479. The van der Waals surface area contributed by atoms with Crippen molar-refractivity contribution in [3.8, 4) is 0 Å². The molecule has 5 nitrogen and oxygen atoms in total. The van der Waals surface area contributed by atoms with Gasteiger partial charge in [-0.05, 0) is 24.8 Å². The van der Waals surface area contributed by atoms with E-state index in [1.807, 2.05) is 41.3 Å². The number of benzene rings is 1. The lowest BCUT2D eigenvalue weighted by Gasteiger charge is -2.33. The molecule has 1 aliphatic heterocycles. The summed E-state index contributed by atoms with van der Waals surface area (Å²) in [7, 11) is 0. The van der Waals surface area contributed by atoms with E-state index in [1.165, 1.54) is 5.56 Å². The zero-order valence-electron chi connectivity index (χ0n) is 14.2. The molecule has 130 valence electrons. The molecule has 0 aromatic heterocycles. The Morgan fingerprint density at radius 3 is 2.92 bits per heavy atom. The maximum absolute atomic E-state index is 12.4. The van der Waals surface area contributed by atoms with Gasteiger partial charge in [-0.25, -0.2) is 0 Å². The van der Waals surface area contributed by atoms with E-state index in [-0.39, 0.29) is 18.2 Å². The lowest BCUT2D eigenvalue weighted by molar-refractivity contribution is -0.138. The van der Waals surface area contributed by atoms with Crippen LogP contribution in [0.3, 0.4) is 0 Å². The van der Waals surface area contributed by atoms with Crippen LogP contribution >= 0.6 is 0 Å². The van der Waals surface area contributed by atoms with Gasteiger partial charge in [-0.3, -0.25) is 9.59 Å². The van der Waals surface area contributed by atoms with Gasteiger partial charge >= 0.3 is 0 Å². The van der Waals surface area contributed by atoms with Crippen LogP contribution in [0.15, 0.2) is 43.0 Å².